The number of rotatable bonds is 3. The van der Waals surface area contributed by atoms with Crippen molar-refractivity contribution in [2.75, 3.05) is 5.43 Å². The van der Waals surface area contributed by atoms with Crippen LogP contribution in [-0.4, -0.2) is 9.97 Å². The van der Waals surface area contributed by atoms with E-state index in [1.807, 2.05) is 60.7 Å². The zero-order valence-electron chi connectivity index (χ0n) is 11.1. The van der Waals surface area contributed by atoms with Crippen LogP contribution in [0.4, 0.5) is 5.82 Å². The quantitative estimate of drug-likeness (QED) is 0.561. The Morgan fingerprint density at radius 3 is 2.33 bits per heavy atom. The number of nitrogens with one attached hydrogen (secondary N) is 1. The van der Waals surface area contributed by atoms with Gasteiger partial charge < -0.3 is 5.43 Å². The highest BCUT2D eigenvalue weighted by Gasteiger charge is 2.10. The molecule has 5 heteroatoms. The molecule has 0 amide bonds. The first-order chi connectivity index (χ1) is 10.3. The van der Waals surface area contributed by atoms with Gasteiger partial charge in [0.05, 0.1) is 5.69 Å². The summed E-state index contributed by atoms with van der Waals surface area (Å²) in [6.45, 7) is 0. The number of hydrogen-bond acceptors (Lipinski definition) is 4. The highest BCUT2D eigenvalue weighted by molar-refractivity contribution is 9.10. The molecule has 0 aliphatic carbocycles. The van der Waals surface area contributed by atoms with Crippen LogP contribution in [0.5, 0.6) is 0 Å². The van der Waals surface area contributed by atoms with Gasteiger partial charge in [-0.05, 0) is 6.07 Å². The number of benzene rings is 2. The lowest BCUT2D eigenvalue weighted by atomic mass is 10.1. The predicted molar refractivity (Wildman–Crippen MR) is 88.4 cm³/mol. The average molecular weight is 341 g/mol. The van der Waals surface area contributed by atoms with Crippen LogP contribution in [-0.2, 0) is 0 Å². The molecule has 104 valence electrons. The van der Waals surface area contributed by atoms with Gasteiger partial charge in [-0.1, -0.05) is 64.5 Å². The van der Waals surface area contributed by atoms with Crippen LogP contribution in [0.25, 0.3) is 22.6 Å². The molecule has 3 rings (SSSR count). The van der Waals surface area contributed by atoms with E-state index in [0.717, 1.165) is 21.3 Å². The fourth-order valence-corrected chi connectivity index (χ4v) is 2.50. The number of halogens is 1. The molecule has 0 aliphatic rings. The Hall–Kier alpha value is -2.24. The van der Waals surface area contributed by atoms with Gasteiger partial charge in [0.25, 0.3) is 0 Å². The van der Waals surface area contributed by atoms with Crippen LogP contribution in [0.2, 0.25) is 0 Å². The first kappa shape index (κ1) is 13.7. The molecule has 21 heavy (non-hydrogen) atoms. The van der Waals surface area contributed by atoms with Gasteiger partial charge >= 0.3 is 0 Å². The fraction of sp³-hybridized carbons (Fsp3) is 0. The van der Waals surface area contributed by atoms with Crippen LogP contribution < -0.4 is 11.3 Å². The standard InChI is InChI=1S/C16H13BrN4/c17-13-9-5-4-8-12(13)16-19-14(10-15(20-16)21-18)11-6-2-1-3-7-11/h1-10H,18H2,(H,19,20,21). The highest BCUT2D eigenvalue weighted by Crippen LogP contribution is 2.28. The van der Waals surface area contributed by atoms with E-state index in [1.165, 1.54) is 0 Å². The summed E-state index contributed by atoms with van der Waals surface area (Å²) in [4.78, 5) is 9.08. The largest absolute Gasteiger partial charge is 0.308 e. The molecule has 2 aromatic carbocycles. The predicted octanol–water partition coefficient (Wildman–Crippen LogP) is 3.86. The molecule has 0 atom stereocenters. The molecule has 0 fully saturated rings. The van der Waals surface area contributed by atoms with E-state index in [2.05, 4.69) is 31.3 Å². The number of hydrogen-bond donors (Lipinski definition) is 2. The summed E-state index contributed by atoms with van der Waals surface area (Å²) in [5.41, 5.74) is 5.36. The first-order valence-electron chi connectivity index (χ1n) is 6.44. The maximum atomic E-state index is 5.53. The normalized spacial score (nSPS) is 10.4. The Bertz CT molecular complexity index is 759. The van der Waals surface area contributed by atoms with E-state index in [-0.39, 0.29) is 0 Å². The Balaban J connectivity index is 2.17. The smallest absolute Gasteiger partial charge is 0.163 e. The van der Waals surface area contributed by atoms with Crippen LogP contribution in [0.15, 0.2) is 65.1 Å². The first-order valence-corrected chi connectivity index (χ1v) is 7.23. The Labute approximate surface area is 131 Å². The summed E-state index contributed by atoms with van der Waals surface area (Å²) >= 11 is 3.53. The summed E-state index contributed by atoms with van der Waals surface area (Å²) < 4.78 is 0.943. The summed E-state index contributed by atoms with van der Waals surface area (Å²) in [6.07, 6.45) is 0. The van der Waals surface area contributed by atoms with E-state index < -0.39 is 0 Å². The maximum absolute atomic E-state index is 5.53. The number of hydrazine groups is 1. The van der Waals surface area contributed by atoms with Crippen molar-refractivity contribution in [3.8, 4) is 22.6 Å². The number of anilines is 1. The number of nitrogens with two attached hydrogens (primary N) is 1. The summed E-state index contributed by atoms with van der Waals surface area (Å²) in [6, 6.07) is 19.6. The number of nitrogens with zero attached hydrogens (tertiary/aromatic N) is 2. The van der Waals surface area contributed by atoms with Crippen molar-refractivity contribution in [1.82, 2.24) is 9.97 Å². The lowest BCUT2D eigenvalue weighted by Crippen LogP contribution is -2.10. The van der Waals surface area contributed by atoms with Crippen molar-refractivity contribution in [1.29, 1.82) is 0 Å². The Morgan fingerprint density at radius 1 is 0.905 bits per heavy atom. The van der Waals surface area contributed by atoms with Crippen molar-refractivity contribution in [3.63, 3.8) is 0 Å². The van der Waals surface area contributed by atoms with E-state index >= 15 is 0 Å². The molecule has 0 saturated heterocycles. The Kier molecular flexibility index (Phi) is 3.94. The van der Waals surface area contributed by atoms with E-state index in [4.69, 9.17) is 5.84 Å². The fourth-order valence-electron chi connectivity index (χ4n) is 2.04. The topological polar surface area (TPSA) is 63.8 Å². The van der Waals surface area contributed by atoms with E-state index in [9.17, 15) is 0 Å². The summed E-state index contributed by atoms with van der Waals surface area (Å²) in [7, 11) is 0. The molecule has 0 saturated carbocycles. The minimum atomic E-state index is 0.578. The third-order valence-corrected chi connectivity index (χ3v) is 3.75. The minimum Gasteiger partial charge on any atom is -0.308 e. The molecular weight excluding hydrogens is 328 g/mol. The average Bonchev–Trinajstić information content (AvgIpc) is 2.55. The van der Waals surface area contributed by atoms with Gasteiger partial charge in [-0.3, -0.25) is 0 Å². The van der Waals surface area contributed by atoms with Gasteiger partial charge in [0, 0.05) is 21.7 Å². The highest BCUT2D eigenvalue weighted by atomic mass is 79.9. The molecule has 0 unspecified atom stereocenters. The van der Waals surface area contributed by atoms with Gasteiger partial charge in [-0.2, -0.15) is 0 Å². The molecule has 1 aromatic heterocycles. The van der Waals surface area contributed by atoms with Gasteiger partial charge in [0.2, 0.25) is 0 Å². The van der Waals surface area contributed by atoms with Crippen molar-refractivity contribution in [2.45, 2.75) is 0 Å². The lowest BCUT2D eigenvalue weighted by Gasteiger charge is -2.09. The second kappa shape index (κ2) is 6.03. The van der Waals surface area contributed by atoms with E-state index in [1.54, 1.807) is 0 Å². The third kappa shape index (κ3) is 2.94. The van der Waals surface area contributed by atoms with Crippen LogP contribution in [0.1, 0.15) is 0 Å². The van der Waals surface area contributed by atoms with Gasteiger partial charge in [-0.15, -0.1) is 0 Å². The molecular formula is C16H13BrN4. The van der Waals surface area contributed by atoms with E-state index in [0.29, 0.717) is 11.6 Å². The zero-order chi connectivity index (χ0) is 14.7. The summed E-state index contributed by atoms with van der Waals surface area (Å²) in [5, 5.41) is 0. The molecule has 0 bridgehead atoms. The summed E-state index contributed by atoms with van der Waals surface area (Å²) in [5.74, 6) is 6.73. The van der Waals surface area contributed by atoms with Gasteiger partial charge in [-0.25, -0.2) is 15.8 Å². The molecule has 0 spiro atoms. The van der Waals surface area contributed by atoms with Crippen LogP contribution >= 0.6 is 15.9 Å². The molecule has 1 heterocycles. The van der Waals surface area contributed by atoms with Crippen molar-refractivity contribution in [2.24, 2.45) is 5.84 Å². The van der Waals surface area contributed by atoms with Crippen LogP contribution in [0.3, 0.4) is 0 Å². The zero-order valence-corrected chi connectivity index (χ0v) is 12.7. The second-order valence-electron chi connectivity index (χ2n) is 4.45. The van der Waals surface area contributed by atoms with Crippen molar-refractivity contribution >= 4 is 21.7 Å². The van der Waals surface area contributed by atoms with Gasteiger partial charge in [0.15, 0.2) is 5.82 Å². The van der Waals surface area contributed by atoms with Crippen LogP contribution in [0, 0.1) is 0 Å². The van der Waals surface area contributed by atoms with Gasteiger partial charge in [0.1, 0.15) is 5.82 Å². The molecule has 0 radical (unpaired) electrons. The van der Waals surface area contributed by atoms with Crippen molar-refractivity contribution in [3.05, 3.63) is 65.1 Å². The molecule has 0 aliphatic heterocycles. The molecule has 4 nitrogen and oxygen atoms in total. The maximum Gasteiger partial charge on any atom is 0.163 e. The van der Waals surface area contributed by atoms with Crippen molar-refractivity contribution < 1.29 is 0 Å². The third-order valence-electron chi connectivity index (χ3n) is 3.06. The number of aromatic nitrogens is 2. The molecule has 3 N–H and O–H groups in total. The lowest BCUT2D eigenvalue weighted by molar-refractivity contribution is 1.15. The molecule has 3 aromatic rings. The minimum absolute atomic E-state index is 0.578. The number of nitrogen functional groups attached to an aromatic ring is 1. The Morgan fingerprint density at radius 2 is 1.62 bits per heavy atom. The SMILES string of the molecule is NNc1cc(-c2ccccc2)nc(-c2ccccc2Br)n1. The second-order valence-corrected chi connectivity index (χ2v) is 5.31. The monoisotopic (exact) mass is 340 g/mol.